The summed E-state index contributed by atoms with van der Waals surface area (Å²) in [7, 11) is 1.46. The molecular formula is C17H16O2S. The fourth-order valence-corrected chi connectivity index (χ4v) is 2.85. The summed E-state index contributed by atoms with van der Waals surface area (Å²) in [4.78, 5) is 13.0. The molecule has 0 amide bonds. The first-order valence-electron chi connectivity index (χ1n) is 6.65. The van der Waals surface area contributed by atoms with Gasteiger partial charge in [-0.3, -0.25) is 4.79 Å². The van der Waals surface area contributed by atoms with E-state index < -0.39 is 5.41 Å². The number of rotatable bonds is 3. The van der Waals surface area contributed by atoms with Crippen LogP contribution in [0.4, 0.5) is 0 Å². The highest BCUT2D eigenvalue weighted by Gasteiger charge is 2.53. The van der Waals surface area contributed by atoms with E-state index >= 15 is 0 Å². The van der Waals surface area contributed by atoms with Gasteiger partial charge in [0.2, 0.25) is 0 Å². The maximum absolute atomic E-state index is 12.1. The summed E-state index contributed by atoms with van der Waals surface area (Å²) in [6.45, 7) is 0. The zero-order chi connectivity index (χ0) is 14.2. The zero-order valence-corrected chi connectivity index (χ0v) is 12.2. The van der Waals surface area contributed by atoms with Crippen molar-refractivity contribution in [3.05, 3.63) is 54.1 Å². The van der Waals surface area contributed by atoms with Crippen LogP contribution in [-0.4, -0.2) is 13.1 Å². The monoisotopic (exact) mass is 284 g/mol. The number of hydrogen-bond acceptors (Lipinski definition) is 3. The van der Waals surface area contributed by atoms with E-state index in [9.17, 15) is 4.79 Å². The summed E-state index contributed by atoms with van der Waals surface area (Å²) < 4.78 is 4.99. The van der Waals surface area contributed by atoms with Crippen LogP contribution in [-0.2, 0) is 14.9 Å². The third-order valence-corrected chi connectivity index (χ3v) is 4.25. The second-order valence-electron chi connectivity index (χ2n) is 5.17. The molecule has 0 aromatic heterocycles. The third kappa shape index (κ3) is 2.12. The predicted molar refractivity (Wildman–Crippen MR) is 82.1 cm³/mol. The number of thiol groups is 1. The molecule has 2 nitrogen and oxygen atoms in total. The van der Waals surface area contributed by atoms with Crippen LogP contribution in [0.25, 0.3) is 11.1 Å². The maximum atomic E-state index is 12.1. The van der Waals surface area contributed by atoms with Gasteiger partial charge in [0, 0.05) is 4.90 Å². The molecule has 0 saturated heterocycles. The Balaban J connectivity index is 2.10. The quantitative estimate of drug-likeness (QED) is 0.684. The molecule has 0 bridgehead atoms. The summed E-state index contributed by atoms with van der Waals surface area (Å²) >= 11 is 4.31. The van der Waals surface area contributed by atoms with Gasteiger partial charge < -0.3 is 4.74 Å². The second-order valence-corrected chi connectivity index (χ2v) is 5.68. The molecule has 0 spiro atoms. The van der Waals surface area contributed by atoms with Gasteiger partial charge in [-0.05, 0) is 41.7 Å². The Labute approximate surface area is 124 Å². The highest BCUT2D eigenvalue weighted by atomic mass is 32.1. The van der Waals surface area contributed by atoms with Crippen molar-refractivity contribution in [1.82, 2.24) is 0 Å². The van der Waals surface area contributed by atoms with E-state index in [0.29, 0.717) is 0 Å². The van der Waals surface area contributed by atoms with E-state index in [1.54, 1.807) is 0 Å². The highest BCUT2D eigenvalue weighted by molar-refractivity contribution is 7.80. The molecule has 3 rings (SSSR count). The number of esters is 1. The van der Waals surface area contributed by atoms with E-state index in [0.717, 1.165) is 34.4 Å². The van der Waals surface area contributed by atoms with Gasteiger partial charge in [0.05, 0.1) is 12.5 Å². The Bertz CT molecular complexity index is 642. The number of hydrogen-bond donors (Lipinski definition) is 1. The van der Waals surface area contributed by atoms with Crippen LogP contribution in [0.15, 0.2) is 53.4 Å². The molecule has 0 unspecified atom stereocenters. The Morgan fingerprint density at radius 2 is 1.75 bits per heavy atom. The van der Waals surface area contributed by atoms with Crippen LogP contribution < -0.4 is 0 Å². The Morgan fingerprint density at radius 1 is 1.10 bits per heavy atom. The van der Waals surface area contributed by atoms with Crippen molar-refractivity contribution in [3.8, 4) is 11.1 Å². The molecule has 2 aromatic carbocycles. The minimum absolute atomic E-state index is 0.129. The predicted octanol–water partition coefficient (Wildman–Crippen LogP) is 3.85. The molecule has 1 saturated carbocycles. The minimum Gasteiger partial charge on any atom is -0.468 e. The van der Waals surface area contributed by atoms with Gasteiger partial charge in [-0.25, -0.2) is 0 Å². The Morgan fingerprint density at radius 3 is 2.35 bits per heavy atom. The lowest BCUT2D eigenvalue weighted by Gasteiger charge is -2.17. The molecule has 20 heavy (non-hydrogen) atoms. The number of methoxy groups -OCH3 is 1. The molecule has 102 valence electrons. The number of ether oxygens (including phenoxy) is 1. The molecular weight excluding hydrogens is 268 g/mol. The summed E-state index contributed by atoms with van der Waals surface area (Å²) in [5.74, 6) is -0.129. The van der Waals surface area contributed by atoms with Crippen LogP contribution in [0.5, 0.6) is 0 Å². The lowest BCUT2D eigenvalue weighted by molar-refractivity contribution is -0.143. The average Bonchev–Trinajstić information content (AvgIpc) is 3.29. The molecule has 0 radical (unpaired) electrons. The minimum atomic E-state index is -0.440. The lowest BCUT2D eigenvalue weighted by Crippen LogP contribution is -2.22. The van der Waals surface area contributed by atoms with Crippen LogP contribution in [0.3, 0.4) is 0 Å². The van der Waals surface area contributed by atoms with Gasteiger partial charge in [-0.1, -0.05) is 36.4 Å². The SMILES string of the molecule is COC(=O)C1(c2ccccc2-c2ccc(S)cc2)CC1. The third-order valence-electron chi connectivity index (χ3n) is 3.95. The topological polar surface area (TPSA) is 26.3 Å². The molecule has 1 aliphatic carbocycles. The van der Waals surface area contributed by atoms with Crippen LogP contribution in [0.2, 0.25) is 0 Å². The molecule has 3 heteroatoms. The molecule has 0 heterocycles. The van der Waals surface area contributed by atoms with E-state index in [1.807, 2.05) is 42.5 Å². The van der Waals surface area contributed by atoms with Crippen molar-refractivity contribution in [2.24, 2.45) is 0 Å². The van der Waals surface area contributed by atoms with Crippen LogP contribution in [0.1, 0.15) is 18.4 Å². The van der Waals surface area contributed by atoms with Gasteiger partial charge >= 0.3 is 5.97 Å². The molecule has 1 aliphatic rings. The molecule has 2 aromatic rings. The summed E-state index contributed by atoms with van der Waals surface area (Å²) in [6, 6.07) is 16.1. The lowest BCUT2D eigenvalue weighted by atomic mass is 9.88. The van der Waals surface area contributed by atoms with Crippen molar-refractivity contribution in [2.75, 3.05) is 7.11 Å². The van der Waals surface area contributed by atoms with E-state index in [2.05, 4.69) is 18.7 Å². The van der Waals surface area contributed by atoms with Crippen molar-refractivity contribution in [1.29, 1.82) is 0 Å². The van der Waals surface area contributed by atoms with E-state index in [1.165, 1.54) is 7.11 Å². The van der Waals surface area contributed by atoms with Crippen molar-refractivity contribution < 1.29 is 9.53 Å². The van der Waals surface area contributed by atoms with Gasteiger partial charge in [-0.15, -0.1) is 12.6 Å². The molecule has 1 fully saturated rings. The fourth-order valence-electron chi connectivity index (χ4n) is 2.70. The number of carbonyl (C=O) groups excluding carboxylic acids is 1. The van der Waals surface area contributed by atoms with Crippen molar-refractivity contribution in [2.45, 2.75) is 23.2 Å². The first-order valence-corrected chi connectivity index (χ1v) is 7.09. The average molecular weight is 284 g/mol. The van der Waals surface area contributed by atoms with E-state index in [-0.39, 0.29) is 5.97 Å². The molecule has 0 N–H and O–H groups in total. The van der Waals surface area contributed by atoms with Gasteiger partial charge in [0.15, 0.2) is 0 Å². The normalized spacial score (nSPS) is 15.7. The smallest absolute Gasteiger partial charge is 0.316 e. The number of benzene rings is 2. The second kappa shape index (κ2) is 4.98. The highest BCUT2D eigenvalue weighted by Crippen LogP contribution is 2.52. The number of carbonyl (C=O) groups is 1. The maximum Gasteiger partial charge on any atom is 0.316 e. The largest absolute Gasteiger partial charge is 0.468 e. The van der Waals surface area contributed by atoms with Gasteiger partial charge in [-0.2, -0.15) is 0 Å². The first-order chi connectivity index (χ1) is 9.67. The van der Waals surface area contributed by atoms with Crippen LogP contribution in [0, 0.1) is 0 Å². The Hall–Kier alpha value is -1.74. The summed E-state index contributed by atoms with van der Waals surface area (Å²) in [6.07, 6.45) is 1.72. The first kappa shape index (κ1) is 13.3. The standard InChI is InChI=1S/C17H16O2S/c1-19-16(18)17(10-11-17)15-5-3-2-4-14(15)12-6-8-13(20)9-7-12/h2-9,20H,10-11H2,1H3. The van der Waals surface area contributed by atoms with Crippen molar-refractivity contribution >= 4 is 18.6 Å². The van der Waals surface area contributed by atoms with Gasteiger partial charge in [0.25, 0.3) is 0 Å². The summed E-state index contributed by atoms with van der Waals surface area (Å²) in [5.41, 5.74) is 2.83. The molecule has 0 aliphatic heterocycles. The molecule has 0 atom stereocenters. The zero-order valence-electron chi connectivity index (χ0n) is 11.3. The van der Waals surface area contributed by atoms with Gasteiger partial charge in [0.1, 0.15) is 0 Å². The Kier molecular flexibility index (Phi) is 3.30. The summed E-state index contributed by atoms with van der Waals surface area (Å²) in [5, 5.41) is 0. The van der Waals surface area contributed by atoms with Crippen LogP contribution >= 0.6 is 12.6 Å². The van der Waals surface area contributed by atoms with E-state index in [4.69, 9.17) is 4.74 Å². The fraction of sp³-hybridized carbons (Fsp3) is 0.235. The van der Waals surface area contributed by atoms with Crippen molar-refractivity contribution in [3.63, 3.8) is 0 Å².